The van der Waals surface area contributed by atoms with Crippen LogP contribution in [0.25, 0.3) is 0 Å². The SMILES string of the molecule is CCOc1c(Cl)cc(/C=N/NC(=S)Nc2ccccc2)cc1OC. The zero-order chi connectivity index (χ0) is 17.4. The van der Waals surface area contributed by atoms with Gasteiger partial charge in [0.05, 0.1) is 25.0 Å². The molecule has 0 spiro atoms. The van der Waals surface area contributed by atoms with Crippen LogP contribution in [0.15, 0.2) is 47.6 Å². The van der Waals surface area contributed by atoms with Crippen molar-refractivity contribution < 1.29 is 9.47 Å². The Bertz CT molecular complexity index is 723. The minimum absolute atomic E-state index is 0.390. The lowest BCUT2D eigenvalue weighted by Gasteiger charge is -2.11. The van der Waals surface area contributed by atoms with Gasteiger partial charge in [-0.2, -0.15) is 5.10 Å². The molecule has 0 amide bonds. The van der Waals surface area contributed by atoms with Gasteiger partial charge in [-0.05, 0) is 49.0 Å². The molecule has 0 bridgehead atoms. The molecular formula is C17H18ClN3O2S. The molecule has 0 atom stereocenters. The van der Waals surface area contributed by atoms with E-state index in [1.54, 1.807) is 25.5 Å². The summed E-state index contributed by atoms with van der Waals surface area (Å²) in [4.78, 5) is 0. The number of nitrogens with one attached hydrogen (secondary N) is 2. The predicted octanol–water partition coefficient (Wildman–Crippen LogP) is 4.07. The number of benzene rings is 2. The van der Waals surface area contributed by atoms with E-state index in [9.17, 15) is 0 Å². The molecule has 126 valence electrons. The number of hydrazone groups is 1. The number of methoxy groups -OCH3 is 1. The fourth-order valence-electron chi connectivity index (χ4n) is 1.94. The van der Waals surface area contributed by atoms with E-state index >= 15 is 0 Å². The molecule has 7 heteroatoms. The summed E-state index contributed by atoms with van der Waals surface area (Å²) in [5.41, 5.74) is 4.40. The van der Waals surface area contributed by atoms with Gasteiger partial charge in [0.15, 0.2) is 16.6 Å². The standard InChI is InChI=1S/C17H18ClN3O2S/c1-3-23-16-14(18)9-12(10-15(16)22-2)11-19-21-17(24)20-13-7-5-4-6-8-13/h4-11H,3H2,1-2H3,(H2,20,21,24)/b19-11+. The number of ether oxygens (including phenoxy) is 2. The van der Waals surface area contributed by atoms with Crippen LogP contribution in [-0.4, -0.2) is 25.0 Å². The molecule has 0 unspecified atom stereocenters. The van der Waals surface area contributed by atoms with Crippen molar-refractivity contribution in [1.29, 1.82) is 0 Å². The zero-order valence-corrected chi connectivity index (χ0v) is 14.9. The van der Waals surface area contributed by atoms with Crippen molar-refractivity contribution in [3.05, 3.63) is 53.1 Å². The minimum atomic E-state index is 0.390. The van der Waals surface area contributed by atoms with Crippen molar-refractivity contribution in [2.45, 2.75) is 6.92 Å². The Morgan fingerprint density at radius 1 is 1.29 bits per heavy atom. The molecule has 0 fully saturated rings. The van der Waals surface area contributed by atoms with E-state index in [-0.39, 0.29) is 0 Å². The summed E-state index contributed by atoms with van der Waals surface area (Å²) in [6, 6.07) is 13.1. The van der Waals surface area contributed by atoms with Crippen LogP contribution in [0.5, 0.6) is 11.5 Å². The lowest BCUT2D eigenvalue weighted by molar-refractivity contribution is 0.311. The second-order valence-electron chi connectivity index (χ2n) is 4.66. The van der Waals surface area contributed by atoms with Gasteiger partial charge in [0.25, 0.3) is 0 Å². The molecule has 2 rings (SSSR count). The number of anilines is 1. The zero-order valence-electron chi connectivity index (χ0n) is 13.4. The first-order valence-electron chi connectivity index (χ1n) is 7.29. The van der Waals surface area contributed by atoms with Crippen molar-refractivity contribution in [1.82, 2.24) is 5.43 Å². The second-order valence-corrected chi connectivity index (χ2v) is 5.47. The Labute approximate surface area is 151 Å². The molecule has 2 aromatic carbocycles. The van der Waals surface area contributed by atoms with Gasteiger partial charge in [0.2, 0.25) is 0 Å². The third kappa shape index (κ3) is 5.11. The smallest absolute Gasteiger partial charge is 0.191 e. The third-order valence-corrected chi connectivity index (χ3v) is 3.43. The molecule has 0 radical (unpaired) electrons. The first-order valence-corrected chi connectivity index (χ1v) is 8.08. The molecule has 0 saturated carbocycles. The maximum atomic E-state index is 6.22. The highest BCUT2D eigenvalue weighted by atomic mass is 35.5. The largest absolute Gasteiger partial charge is 0.493 e. The first-order chi connectivity index (χ1) is 11.6. The summed E-state index contributed by atoms with van der Waals surface area (Å²) in [7, 11) is 1.56. The third-order valence-electron chi connectivity index (χ3n) is 2.95. The van der Waals surface area contributed by atoms with Crippen molar-refractivity contribution in [2.75, 3.05) is 19.0 Å². The van der Waals surface area contributed by atoms with E-state index in [2.05, 4.69) is 15.8 Å². The van der Waals surface area contributed by atoms with Gasteiger partial charge in [0.1, 0.15) is 0 Å². The monoisotopic (exact) mass is 363 g/mol. The molecule has 0 aromatic heterocycles. The number of halogens is 1. The van der Waals surface area contributed by atoms with Crippen molar-refractivity contribution in [3.63, 3.8) is 0 Å². The van der Waals surface area contributed by atoms with Gasteiger partial charge in [-0.3, -0.25) is 5.43 Å². The lowest BCUT2D eigenvalue weighted by Crippen LogP contribution is -2.23. The van der Waals surface area contributed by atoms with E-state index < -0.39 is 0 Å². The van der Waals surface area contributed by atoms with Gasteiger partial charge < -0.3 is 14.8 Å². The van der Waals surface area contributed by atoms with Gasteiger partial charge >= 0.3 is 0 Å². The molecule has 5 nitrogen and oxygen atoms in total. The molecular weight excluding hydrogens is 346 g/mol. The lowest BCUT2D eigenvalue weighted by atomic mass is 10.2. The fourth-order valence-corrected chi connectivity index (χ4v) is 2.39. The summed E-state index contributed by atoms with van der Waals surface area (Å²) in [6.45, 7) is 2.39. The van der Waals surface area contributed by atoms with Crippen molar-refractivity contribution >= 4 is 40.8 Å². The number of thiocarbonyl (C=S) groups is 1. The number of para-hydroxylation sites is 1. The molecule has 0 aliphatic rings. The minimum Gasteiger partial charge on any atom is -0.493 e. The van der Waals surface area contributed by atoms with Crippen molar-refractivity contribution in [3.8, 4) is 11.5 Å². The summed E-state index contributed by atoms with van der Waals surface area (Å²) in [5.74, 6) is 1.07. The van der Waals surface area contributed by atoms with E-state index in [0.29, 0.717) is 28.2 Å². The Morgan fingerprint density at radius 2 is 2.04 bits per heavy atom. The number of rotatable bonds is 6. The number of nitrogens with zero attached hydrogens (tertiary/aromatic N) is 1. The molecule has 2 N–H and O–H groups in total. The van der Waals surface area contributed by atoms with Gasteiger partial charge in [-0.15, -0.1) is 0 Å². The fraction of sp³-hybridized carbons (Fsp3) is 0.176. The van der Waals surface area contributed by atoms with Gasteiger partial charge in [-0.1, -0.05) is 29.8 Å². The molecule has 0 saturated heterocycles. The summed E-state index contributed by atoms with van der Waals surface area (Å²) >= 11 is 11.4. The summed E-state index contributed by atoms with van der Waals surface area (Å²) in [6.07, 6.45) is 1.60. The molecule has 2 aromatic rings. The van der Waals surface area contributed by atoms with E-state index in [0.717, 1.165) is 11.3 Å². The average molecular weight is 364 g/mol. The highest BCUT2D eigenvalue weighted by Crippen LogP contribution is 2.35. The van der Waals surface area contributed by atoms with E-state index in [4.69, 9.17) is 33.3 Å². The first kappa shape index (κ1) is 18.0. The molecule has 24 heavy (non-hydrogen) atoms. The summed E-state index contributed by atoms with van der Waals surface area (Å²) < 4.78 is 10.8. The predicted molar refractivity (Wildman–Crippen MR) is 103 cm³/mol. The molecule has 0 aliphatic heterocycles. The maximum absolute atomic E-state index is 6.22. The van der Waals surface area contributed by atoms with Crippen LogP contribution in [0.3, 0.4) is 0 Å². The van der Waals surface area contributed by atoms with Crippen LogP contribution in [0.2, 0.25) is 5.02 Å². The highest BCUT2D eigenvalue weighted by Gasteiger charge is 2.10. The Balaban J connectivity index is 2.01. The number of hydrogen-bond donors (Lipinski definition) is 2. The van der Waals surface area contributed by atoms with E-state index in [1.807, 2.05) is 37.3 Å². The van der Waals surface area contributed by atoms with Crippen LogP contribution in [0, 0.1) is 0 Å². The van der Waals surface area contributed by atoms with Crippen molar-refractivity contribution in [2.24, 2.45) is 5.10 Å². The van der Waals surface area contributed by atoms with Crippen LogP contribution in [-0.2, 0) is 0 Å². The van der Waals surface area contributed by atoms with Crippen LogP contribution in [0.4, 0.5) is 5.69 Å². The Morgan fingerprint density at radius 3 is 2.71 bits per heavy atom. The van der Waals surface area contributed by atoms with E-state index in [1.165, 1.54) is 0 Å². The Kier molecular flexibility index (Phi) is 6.84. The highest BCUT2D eigenvalue weighted by molar-refractivity contribution is 7.80. The van der Waals surface area contributed by atoms with Gasteiger partial charge in [0, 0.05) is 5.69 Å². The number of hydrogen-bond acceptors (Lipinski definition) is 4. The molecule has 0 heterocycles. The second kappa shape index (κ2) is 9.10. The van der Waals surface area contributed by atoms with Crippen LogP contribution in [0.1, 0.15) is 12.5 Å². The maximum Gasteiger partial charge on any atom is 0.191 e. The quantitative estimate of drug-likeness (QED) is 0.460. The van der Waals surface area contributed by atoms with Crippen LogP contribution >= 0.6 is 23.8 Å². The molecule has 0 aliphatic carbocycles. The summed E-state index contributed by atoms with van der Waals surface area (Å²) in [5, 5.41) is 7.97. The average Bonchev–Trinajstić information content (AvgIpc) is 2.58. The Hall–Kier alpha value is -2.31. The topological polar surface area (TPSA) is 54.9 Å². The van der Waals surface area contributed by atoms with Gasteiger partial charge in [-0.25, -0.2) is 0 Å². The normalized spacial score (nSPS) is 10.5. The van der Waals surface area contributed by atoms with Crippen LogP contribution < -0.4 is 20.2 Å².